The van der Waals surface area contributed by atoms with Gasteiger partial charge in [0.2, 0.25) is 0 Å². The molecule has 31 heavy (non-hydrogen) atoms. The number of rotatable bonds is 19. The monoisotopic (exact) mass is 448 g/mol. The van der Waals surface area contributed by atoms with E-state index in [9.17, 15) is 4.79 Å². The highest BCUT2D eigenvalue weighted by molar-refractivity contribution is 7.99. The van der Waals surface area contributed by atoms with Gasteiger partial charge in [0.15, 0.2) is 5.78 Å². The molecule has 178 valence electrons. The summed E-state index contributed by atoms with van der Waals surface area (Å²) in [4.78, 5) is 12.1. The Hall–Kier alpha value is -1.42. The van der Waals surface area contributed by atoms with Gasteiger partial charge in [-0.2, -0.15) is 11.8 Å². The summed E-state index contributed by atoms with van der Waals surface area (Å²) >= 11 is 1.80. The Bertz CT molecular complexity index is 606. The van der Waals surface area contributed by atoms with E-state index in [0.717, 1.165) is 48.6 Å². The molecule has 0 rings (SSSR count). The van der Waals surface area contributed by atoms with Crippen LogP contribution in [0.1, 0.15) is 86.5 Å². The smallest absolute Gasteiger partial charge is 0.152 e. The van der Waals surface area contributed by atoms with Crippen LogP contribution in [-0.2, 0) is 4.79 Å². The zero-order valence-electron chi connectivity index (χ0n) is 21.1. The van der Waals surface area contributed by atoms with Gasteiger partial charge >= 0.3 is 0 Å². The van der Waals surface area contributed by atoms with Crippen LogP contribution < -0.4 is 10.6 Å². The van der Waals surface area contributed by atoms with Crippen molar-refractivity contribution in [3.05, 3.63) is 48.9 Å². The predicted octanol–water partition coefficient (Wildman–Crippen LogP) is 7.18. The van der Waals surface area contributed by atoms with E-state index in [0.29, 0.717) is 5.41 Å². The Morgan fingerprint density at radius 1 is 1.10 bits per heavy atom. The van der Waals surface area contributed by atoms with Gasteiger partial charge < -0.3 is 10.6 Å². The predicted molar refractivity (Wildman–Crippen MR) is 142 cm³/mol. The number of allylic oxidation sites excluding steroid dienone is 3. The first-order valence-corrected chi connectivity index (χ1v) is 12.9. The number of carbonyl (C=O) groups is 1. The molecule has 2 N–H and O–H groups in total. The number of carbonyl (C=O) groups excluding carboxylic acids is 1. The van der Waals surface area contributed by atoms with Crippen molar-refractivity contribution in [1.29, 1.82) is 0 Å². The van der Waals surface area contributed by atoms with E-state index in [1.165, 1.54) is 24.8 Å². The summed E-state index contributed by atoms with van der Waals surface area (Å²) in [5.74, 6) is 1.84. The Balaban J connectivity index is 4.46. The van der Waals surface area contributed by atoms with Gasteiger partial charge in [-0.25, -0.2) is 0 Å². The van der Waals surface area contributed by atoms with Gasteiger partial charge in [-0.1, -0.05) is 58.1 Å². The fourth-order valence-corrected chi connectivity index (χ4v) is 4.55. The molecule has 0 fully saturated rings. The first kappa shape index (κ1) is 29.6. The standard InChI is InChI=1S/C27H48N2OS/c1-10-12-17-27(8,9)18-13-15-22(5)16-19-31-20-26(24(7)30)29-23(6)25(14-11-2)28-21(3)4/h10,16,25-26,28-29H,1,3,6,11-15,17-20H2,2,4-5,7-9H3/b22-16+. The summed E-state index contributed by atoms with van der Waals surface area (Å²) in [6, 6.07) is -0.102. The fourth-order valence-electron chi connectivity index (χ4n) is 3.46. The highest BCUT2D eigenvalue weighted by Gasteiger charge is 2.19. The third kappa shape index (κ3) is 15.1. The molecule has 2 atom stereocenters. The van der Waals surface area contributed by atoms with Crippen LogP contribution in [0.5, 0.6) is 0 Å². The van der Waals surface area contributed by atoms with Crippen molar-refractivity contribution in [2.24, 2.45) is 5.41 Å². The summed E-state index contributed by atoms with van der Waals surface area (Å²) in [5, 5.41) is 6.73. The Kier molecular flexibility index (Phi) is 15.5. The number of ketones is 1. The fraction of sp³-hybridized carbons (Fsp3) is 0.667. The first-order chi connectivity index (χ1) is 14.5. The second-order valence-corrected chi connectivity index (χ2v) is 10.6. The molecule has 0 saturated carbocycles. The van der Waals surface area contributed by atoms with Crippen LogP contribution in [0.15, 0.2) is 48.9 Å². The van der Waals surface area contributed by atoms with Crippen LogP contribution in [-0.4, -0.2) is 29.4 Å². The zero-order chi connectivity index (χ0) is 23.9. The average molecular weight is 449 g/mol. The van der Waals surface area contributed by atoms with Crippen LogP contribution in [0.2, 0.25) is 0 Å². The van der Waals surface area contributed by atoms with Gasteiger partial charge in [-0.15, -0.1) is 6.58 Å². The van der Waals surface area contributed by atoms with Crippen LogP contribution in [0.3, 0.4) is 0 Å². The molecular formula is C27H48N2OS. The maximum absolute atomic E-state index is 12.1. The second kappa shape index (κ2) is 16.2. The maximum Gasteiger partial charge on any atom is 0.152 e. The molecule has 0 aromatic carbocycles. The van der Waals surface area contributed by atoms with E-state index in [1.54, 1.807) is 18.7 Å². The molecule has 4 heteroatoms. The van der Waals surface area contributed by atoms with Gasteiger partial charge in [0.1, 0.15) is 0 Å². The van der Waals surface area contributed by atoms with Gasteiger partial charge in [0, 0.05) is 22.9 Å². The molecule has 0 aliphatic carbocycles. The minimum atomic E-state index is -0.205. The van der Waals surface area contributed by atoms with Crippen molar-refractivity contribution >= 4 is 17.5 Å². The largest absolute Gasteiger partial charge is 0.381 e. The summed E-state index contributed by atoms with van der Waals surface area (Å²) < 4.78 is 0. The van der Waals surface area contributed by atoms with Crippen LogP contribution >= 0.6 is 11.8 Å². The van der Waals surface area contributed by atoms with Gasteiger partial charge in [-0.05, 0) is 64.7 Å². The lowest BCUT2D eigenvalue weighted by Crippen LogP contribution is -2.43. The average Bonchev–Trinajstić information content (AvgIpc) is 2.67. The Morgan fingerprint density at radius 2 is 1.77 bits per heavy atom. The number of Topliss-reactive ketones (excluding diaryl/α,β-unsaturated/α-hetero) is 1. The maximum atomic E-state index is 12.1. The number of nitrogens with one attached hydrogen (secondary N) is 2. The summed E-state index contributed by atoms with van der Waals surface area (Å²) in [7, 11) is 0. The number of hydrogen-bond donors (Lipinski definition) is 2. The topological polar surface area (TPSA) is 41.1 Å². The van der Waals surface area contributed by atoms with Crippen molar-refractivity contribution in [3.63, 3.8) is 0 Å². The first-order valence-electron chi connectivity index (χ1n) is 11.7. The second-order valence-electron chi connectivity index (χ2n) is 9.53. The minimum absolute atomic E-state index is 0.104. The lowest BCUT2D eigenvalue weighted by molar-refractivity contribution is -0.118. The highest BCUT2D eigenvalue weighted by Crippen LogP contribution is 2.29. The lowest BCUT2D eigenvalue weighted by atomic mass is 9.82. The molecule has 0 aliphatic rings. The third-order valence-electron chi connectivity index (χ3n) is 5.55. The number of thioether (sulfide) groups is 1. The molecule has 2 unspecified atom stereocenters. The summed E-state index contributed by atoms with van der Waals surface area (Å²) in [5.41, 5.74) is 3.62. The van der Waals surface area contributed by atoms with Gasteiger partial charge in [-0.3, -0.25) is 4.79 Å². The highest BCUT2D eigenvalue weighted by atomic mass is 32.2. The molecule has 0 radical (unpaired) electrons. The van der Waals surface area contributed by atoms with Crippen LogP contribution in [0.4, 0.5) is 0 Å². The van der Waals surface area contributed by atoms with E-state index in [4.69, 9.17) is 0 Å². The molecule has 0 aromatic rings. The Morgan fingerprint density at radius 3 is 2.32 bits per heavy atom. The zero-order valence-corrected chi connectivity index (χ0v) is 21.9. The van der Waals surface area contributed by atoms with Crippen molar-refractivity contribution < 1.29 is 4.79 Å². The summed E-state index contributed by atoms with van der Waals surface area (Å²) in [6.07, 6.45) is 12.3. The minimum Gasteiger partial charge on any atom is -0.381 e. The quantitative estimate of drug-likeness (QED) is 0.162. The van der Waals surface area contributed by atoms with Crippen LogP contribution in [0, 0.1) is 5.41 Å². The lowest BCUT2D eigenvalue weighted by Gasteiger charge is -2.26. The van der Waals surface area contributed by atoms with Crippen molar-refractivity contribution in [1.82, 2.24) is 10.6 Å². The SMILES string of the molecule is C=CCCC(C)(C)CCC/C(C)=C/CSCC(NC(=C)C(CCC)NC(=C)C)C(C)=O. The van der Waals surface area contributed by atoms with Crippen molar-refractivity contribution in [2.75, 3.05) is 11.5 Å². The van der Waals surface area contributed by atoms with E-state index in [-0.39, 0.29) is 17.9 Å². The van der Waals surface area contributed by atoms with Gasteiger partial charge in [0.05, 0.1) is 12.1 Å². The molecule has 0 amide bonds. The van der Waals surface area contributed by atoms with E-state index >= 15 is 0 Å². The van der Waals surface area contributed by atoms with Gasteiger partial charge in [0.25, 0.3) is 0 Å². The van der Waals surface area contributed by atoms with E-state index < -0.39 is 0 Å². The van der Waals surface area contributed by atoms with Crippen molar-refractivity contribution in [3.8, 4) is 0 Å². The van der Waals surface area contributed by atoms with E-state index in [1.807, 2.05) is 13.0 Å². The normalized spacial score (nSPS) is 13.9. The Labute approximate surface area is 197 Å². The number of hydrogen-bond acceptors (Lipinski definition) is 4. The molecule has 0 bridgehead atoms. The molecule has 0 aliphatic heterocycles. The summed E-state index contributed by atoms with van der Waals surface area (Å²) in [6.45, 7) is 24.6. The third-order valence-corrected chi connectivity index (χ3v) is 6.52. The molecule has 0 spiro atoms. The molecule has 0 aromatic heterocycles. The molecule has 0 saturated heterocycles. The molecular weight excluding hydrogens is 400 g/mol. The van der Waals surface area contributed by atoms with E-state index in [2.05, 4.69) is 64.1 Å². The molecule has 3 nitrogen and oxygen atoms in total. The van der Waals surface area contributed by atoms with Crippen molar-refractivity contribution in [2.45, 2.75) is 98.6 Å². The molecule has 0 heterocycles. The van der Waals surface area contributed by atoms with Crippen LogP contribution in [0.25, 0.3) is 0 Å².